The van der Waals surface area contributed by atoms with Gasteiger partial charge in [-0.25, -0.2) is 0 Å². The number of para-hydroxylation sites is 1. The van der Waals surface area contributed by atoms with Crippen LogP contribution in [-0.2, 0) is 17.9 Å². The molecule has 0 radical (unpaired) electrons. The Morgan fingerprint density at radius 3 is 2.76 bits per heavy atom. The minimum atomic E-state index is 0.561. The van der Waals surface area contributed by atoms with Gasteiger partial charge in [-0.2, -0.15) is 0 Å². The zero-order chi connectivity index (χ0) is 15.1. The summed E-state index contributed by atoms with van der Waals surface area (Å²) in [5.74, 6) is 0.891. The summed E-state index contributed by atoms with van der Waals surface area (Å²) >= 11 is 8.78. The molecule has 1 N–H and O–H groups in total. The lowest BCUT2D eigenvalue weighted by Gasteiger charge is -2.13. The number of halogens is 2. The number of methoxy groups -OCH3 is 1. The van der Waals surface area contributed by atoms with Crippen molar-refractivity contribution in [2.75, 3.05) is 20.3 Å². The number of hydrogen-bond acceptors (Lipinski definition) is 4. The summed E-state index contributed by atoms with van der Waals surface area (Å²) in [6.45, 7) is 2.83. The van der Waals surface area contributed by atoms with Gasteiger partial charge < -0.3 is 14.8 Å². The average Bonchev–Trinajstić information content (AvgIpc) is 2.88. The van der Waals surface area contributed by atoms with Crippen LogP contribution in [0.4, 0.5) is 0 Å². The number of thiophene rings is 1. The molecule has 0 aliphatic carbocycles. The minimum absolute atomic E-state index is 0.561. The highest BCUT2D eigenvalue weighted by molar-refractivity contribution is 9.10. The maximum Gasteiger partial charge on any atom is 0.138 e. The lowest BCUT2D eigenvalue weighted by molar-refractivity contribution is 0.199. The van der Waals surface area contributed by atoms with E-state index in [4.69, 9.17) is 9.47 Å². The smallest absolute Gasteiger partial charge is 0.138 e. The average molecular weight is 435 g/mol. The van der Waals surface area contributed by atoms with Gasteiger partial charge in [0.2, 0.25) is 0 Å². The second-order valence-electron chi connectivity index (χ2n) is 4.38. The predicted molar refractivity (Wildman–Crippen MR) is 94.1 cm³/mol. The van der Waals surface area contributed by atoms with Gasteiger partial charge in [-0.15, -0.1) is 11.3 Å². The molecule has 0 aliphatic heterocycles. The molecule has 0 saturated carbocycles. The number of ether oxygens (including phenoxy) is 2. The van der Waals surface area contributed by atoms with E-state index in [2.05, 4.69) is 48.6 Å². The van der Waals surface area contributed by atoms with Gasteiger partial charge in [0.1, 0.15) is 12.4 Å². The maximum atomic E-state index is 6.01. The first-order chi connectivity index (χ1) is 10.2. The van der Waals surface area contributed by atoms with Gasteiger partial charge in [0.05, 0.1) is 16.0 Å². The van der Waals surface area contributed by atoms with Gasteiger partial charge in [0.15, 0.2) is 0 Å². The van der Waals surface area contributed by atoms with Crippen LogP contribution in [0.1, 0.15) is 10.4 Å². The van der Waals surface area contributed by atoms with Crippen LogP contribution in [-0.4, -0.2) is 20.3 Å². The summed E-state index contributed by atoms with van der Waals surface area (Å²) in [5.41, 5.74) is 1.13. The van der Waals surface area contributed by atoms with Crippen LogP contribution in [0, 0.1) is 0 Å². The largest absolute Gasteiger partial charge is 0.487 e. The Labute approximate surface area is 145 Å². The fourth-order valence-electron chi connectivity index (χ4n) is 1.82. The predicted octanol–water partition coefficient (Wildman–Crippen LogP) is 4.59. The maximum absolute atomic E-state index is 6.01. The summed E-state index contributed by atoms with van der Waals surface area (Å²) < 4.78 is 13.1. The van der Waals surface area contributed by atoms with Crippen LogP contribution in [0.3, 0.4) is 0 Å². The third-order valence-electron chi connectivity index (χ3n) is 2.89. The molecule has 2 aromatic rings. The van der Waals surface area contributed by atoms with E-state index in [-0.39, 0.29) is 0 Å². The minimum Gasteiger partial charge on any atom is -0.487 e. The van der Waals surface area contributed by atoms with Crippen molar-refractivity contribution in [1.29, 1.82) is 0 Å². The monoisotopic (exact) mass is 433 g/mol. The van der Waals surface area contributed by atoms with Crippen LogP contribution < -0.4 is 10.1 Å². The lowest BCUT2D eigenvalue weighted by Crippen LogP contribution is -2.19. The zero-order valence-corrected chi connectivity index (χ0v) is 15.7. The Hall–Kier alpha value is -0.400. The quantitative estimate of drug-likeness (QED) is 0.616. The van der Waals surface area contributed by atoms with Crippen LogP contribution in [0.15, 0.2) is 38.6 Å². The van der Waals surface area contributed by atoms with E-state index in [0.717, 1.165) is 33.3 Å². The summed E-state index contributed by atoms with van der Waals surface area (Å²) in [6.07, 6.45) is 0. The van der Waals surface area contributed by atoms with E-state index in [9.17, 15) is 0 Å². The highest BCUT2D eigenvalue weighted by atomic mass is 79.9. The van der Waals surface area contributed by atoms with Crippen molar-refractivity contribution in [2.24, 2.45) is 0 Å². The van der Waals surface area contributed by atoms with Crippen molar-refractivity contribution >= 4 is 43.2 Å². The fourth-order valence-corrected chi connectivity index (χ4v) is 3.72. The van der Waals surface area contributed by atoms with E-state index in [0.29, 0.717) is 13.2 Å². The summed E-state index contributed by atoms with van der Waals surface area (Å²) in [7, 11) is 1.70. The first-order valence-electron chi connectivity index (χ1n) is 6.54. The normalized spacial score (nSPS) is 10.8. The molecule has 0 fully saturated rings. The molecule has 114 valence electrons. The van der Waals surface area contributed by atoms with E-state index >= 15 is 0 Å². The summed E-state index contributed by atoms with van der Waals surface area (Å²) in [4.78, 5) is 1.18. The van der Waals surface area contributed by atoms with Gasteiger partial charge in [-0.3, -0.25) is 0 Å². The van der Waals surface area contributed by atoms with E-state index in [1.165, 1.54) is 4.88 Å². The first kappa shape index (κ1) is 17.0. The molecule has 0 unspecified atom stereocenters. The Morgan fingerprint density at radius 1 is 1.19 bits per heavy atom. The molecule has 0 saturated heterocycles. The third kappa shape index (κ3) is 5.07. The molecule has 6 heteroatoms. The topological polar surface area (TPSA) is 30.5 Å². The Bertz CT molecular complexity index is 575. The molecule has 0 spiro atoms. The number of nitrogens with one attached hydrogen (secondary N) is 1. The summed E-state index contributed by atoms with van der Waals surface area (Å²) in [6, 6.07) is 8.13. The van der Waals surface area contributed by atoms with Gasteiger partial charge >= 0.3 is 0 Å². The molecule has 21 heavy (non-hydrogen) atoms. The van der Waals surface area contributed by atoms with E-state index in [1.807, 2.05) is 18.2 Å². The molecule has 1 aromatic heterocycles. The molecule has 1 heterocycles. The first-order valence-corrected chi connectivity index (χ1v) is 9.00. The van der Waals surface area contributed by atoms with Gasteiger partial charge in [-0.05, 0) is 49.4 Å². The molecule has 0 aliphatic rings. The zero-order valence-electron chi connectivity index (χ0n) is 11.7. The lowest BCUT2D eigenvalue weighted by atomic mass is 10.2. The third-order valence-corrected chi connectivity index (χ3v) is 5.41. The highest BCUT2D eigenvalue weighted by Gasteiger charge is 2.10. The number of hydrogen-bond donors (Lipinski definition) is 1. The SMILES string of the molecule is COCCNCc1cccc(Br)c1OCc1sccc1Br. The standard InChI is InChI=1S/C15H17Br2NO2S/c1-19-7-6-18-9-11-3-2-4-13(17)15(11)20-10-14-12(16)5-8-21-14/h2-5,8,18H,6-7,9-10H2,1H3. The number of benzene rings is 1. The van der Waals surface area contributed by atoms with Gasteiger partial charge in [0, 0.05) is 30.2 Å². The second kappa shape index (κ2) is 8.90. The molecular weight excluding hydrogens is 418 g/mol. The number of rotatable bonds is 8. The molecule has 2 rings (SSSR count). The van der Waals surface area contributed by atoms with Crippen molar-refractivity contribution < 1.29 is 9.47 Å². The second-order valence-corrected chi connectivity index (χ2v) is 7.09. The Balaban J connectivity index is 2.01. The molecule has 1 aromatic carbocycles. The Morgan fingerprint density at radius 2 is 2.05 bits per heavy atom. The van der Waals surface area contributed by atoms with Crippen LogP contribution >= 0.6 is 43.2 Å². The van der Waals surface area contributed by atoms with Crippen molar-refractivity contribution in [3.05, 3.63) is 49.0 Å². The van der Waals surface area contributed by atoms with Crippen molar-refractivity contribution in [2.45, 2.75) is 13.2 Å². The van der Waals surface area contributed by atoms with Crippen molar-refractivity contribution in [3.8, 4) is 5.75 Å². The molecular formula is C15H17Br2NO2S. The van der Waals surface area contributed by atoms with Gasteiger partial charge in [-0.1, -0.05) is 12.1 Å². The van der Waals surface area contributed by atoms with Crippen molar-refractivity contribution in [3.63, 3.8) is 0 Å². The van der Waals surface area contributed by atoms with Gasteiger partial charge in [0.25, 0.3) is 0 Å². The molecule has 0 amide bonds. The van der Waals surface area contributed by atoms with Crippen LogP contribution in [0.5, 0.6) is 5.75 Å². The molecule has 0 bridgehead atoms. The molecule has 3 nitrogen and oxygen atoms in total. The Kier molecular flexibility index (Phi) is 7.19. The molecule has 0 atom stereocenters. The van der Waals surface area contributed by atoms with Crippen LogP contribution in [0.25, 0.3) is 0 Å². The van der Waals surface area contributed by atoms with Crippen LogP contribution in [0.2, 0.25) is 0 Å². The summed E-state index contributed by atoms with van der Waals surface area (Å²) in [5, 5.41) is 5.39. The highest BCUT2D eigenvalue weighted by Crippen LogP contribution is 2.31. The van der Waals surface area contributed by atoms with E-state index in [1.54, 1.807) is 18.4 Å². The van der Waals surface area contributed by atoms with Crippen molar-refractivity contribution in [1.82, 2.24) is 5.32 Å². The van der Waals surface area contributed by atoms with E-state index < -0.39 is 0 Å². The fraction of sp³-hybridized carbons (Fsp3) is 0.333.